The zero-order valence-electron chi connectivity index (χ0n) is 14.8. The van der Waals surface area contributed by atoms with Crippen molar-refractivity contribution < 1.29 is 9.59 Å². The molecule has 4 nitrogen and oxygen atoms in total. The van der Waals surface area contributed by atoms with Crippen LogP contribution >= 0.6 is 11.8 Å². The molecule has 3 aliphatic heterocycles. The molecule has 0 radical (unpaired) electrons. The first-order chi connectivity index (χ1) is 13.3. The van der Waals surface area contributed by atoms with Crippen LogP contribution in [0.3, 0.4) is 0 Å². The molecule has 3 saturated heterocycles. The van der Waals surface area contributed by atoms with Crippen LogP contribution < -0.4 is 4.90 Å². The van der Waals surface area contributed by atoms with Crippen molar-refractivity contribution in [1.29, 1.82) is 0 Å². The Morgan fingerprint density at radius 3 is 2.30 bits per heavy atom. The summed E-state index contributed by atoms with van der Waals surface area (Å²) in [6, 6.07) is 19.6. The minimum Gasteiger partial charge on any atom is -0.282 e. The smallest absolute Gasteiger partial charge is 0.239 e. The molecule has 2 amide bonds. The fourth-order valence-electron chi connectivity index (χ4n) is 4.61. The Morgan fingerprint density at radius 2 is 1.56 bits per heavy atom. The fraction of sp³-hybridized carbons (Fsp3) is 0.273. The molecular weight excluding hydrogens is 356 g/mol. The van der Waals surface area contributed by atoms with Gasteiger partial charge in [0.2, 0.25) is 11.8 Å². The van der Waals surface area contributed by atoms with Gasteiger partial charge in [-0.05, 0) is 17.7 Å². The summed E-state index contributed by atoms with van der Waals surface area (Å²) >= 11 is 1.85. The summed E-state index contributed by atoms with van der Waals surface area (Å²) in [6.07, 6.45) is 4.20. The lowest BCUT2D eigenvalue weighted by molar-refractivity contribution is -0.123. The van der Waals surface area contributed by atoms with Gasteiger partial charge in [-0.15, -0.1) is 11.8 Å². The van der Waals surface area contributed by atoms with Crippen molar-refractivity contribution in [3.05, 3.63) is 72.3 Å². The van der Waals surface area contributed by atoms with Gasteiger partial charge < -0.3 is 0 Å². The number of carbonyl (C=O) groups is 2. The van der Waals surface area contributed by atoms with Crippen LogP contribution in [0.15, 0.2) is 66.7 Å². The lowest BCUT2D eigenvalue weighted by Crippen LogP contribution is -2.42. The van der Waals surface area contributed by atoms with Crippen molar-refractivity contribution in [3.63, 3.8) is 0 Å². The van der Waals surface area contributed by atoms with Crippen molar-refractivity contribution in [2.45, 2.75) is 12.1 Å². The molecule has 0 aliphatic carbocycles. The van der Waals surface area contributed by atoms with Gasteiger partial charge in [0.25, 0.3) is 0 Å². The highest BCUT2D eigenvalue weighted by Crippen LogP contribution is 2.48. The van der Waals surface area contributed by atoms with Gasteiger partial charge in [-0.25, -0.2) is 4.90 Å². The number of anilines is 1. The molecule has 27 heavy (non-hydrogen) atoms. The highest BCUT2D eigenvalue weighted by atomic mass is 32.2. The topological polar surface area (TPSA) is 40.6 Å². The van der Waals surface area contributed by atoms with Crippen LogP contribution in [0.25, 0.3) is 6.08 Å². The number of amides is 2. The molecule has 0 bridgehead atoms. The molecule has 0 unspecified atom stereocenters. The zero-order chi connectivity index (χ0) is 18.4. The number of rotatable bonds is 3. The molecule has 0 N–H and O–H groups in total. The van der Waals surface area contributed by atoms with Crippen LogP contribution in [0, 0.1) is 11.8 Å². The zero-order valence-corrected chi connectivity index (χ0v) is 15.6. The number of benzene rings is 2. The number of para-hydroxylation sites is 1. The summed E-state index contributed by atoms with van der Waals surface area (Å²) < 4.78 is 0. The van der Waals surface area contributed by atoms with Gasteiger partial charge in [0.15, 0.2) is 0 Å². The van der Waals surface area contributed by atoms with E-state index in [1.165, 1.54) is 4.90 Å². The molecule has 3 heterocycles. The molecule has 4 atom stereocenters. The Labute approximate surface area is 162 Å². The van der Waals surface area contributed by atoms with Gasteiger partial charge in [0.05, 0.1) is 17.5 Å². The minimum atomic E-state index is -0.288. The van der Waals surface area contributed by atoms with Gasteiger partial charge in [0, 0.05) is 23.7 Å². The summed E-state index contributed by atoms with van der Waals surface area (Å²) in [5, 5.41) is 0. The molecular formula is C22H20N2O2S. The van der Waals surface area contributed by atoms with E-state index in [9.17, 15) is 9.59 Å². The second kappa shape index (κ2) is 6.66. The Morgan fingerprint density at radius 1 is 0.889 bits per heavy atom. The number of thioether (sulfide) groups is 1. The molecule has 2 aromatic carbocycles. The largest absolute Gasteiger partial charge is 0.282 e. The number of carbonyl (C=O) groups excluding carboxylic acids is 2. The summed E-state index contributed by atoms with van der Waals surface area (Å²) in [5.74, 6) is 1.18. The van der Waals surface area contributed by atoms with Crippen LogP contribution in [0.5, 0.6) is 0 Å². The van der Waals surface area contributed by atoms with Crippen molar-refractivity contribution in [3.8, 4) is 0 Å². The third kappa shape index (κ3) is 2.65. The summed E-state index contributed by atoms with van der Waals surface area (Å²) in [5.41, 5.74) is 1.80. The van der Waals surface area contributed by atoms with Crippen molar-refractivity contribution in [2.75, 3.05) is 16.5 Å². The highest BCUT2D eigenvalue weighted by Gasteiger charge is 2.62. The maximum absolute atomic E-state index is 13.3. The predicted molar refractivity (Wildman–Crippen MR) is 108 cm³/mol. The van der Waals surface area contributed by atoms with E-state index in [1.807, 2.05) is 60.3 Å². The lowest BCUT2D eigenvalue weighted by atomic mass is 9.89. The summed E-state index contributed by atoms with van der Waals surface area (Å²) in [7, 11) is 0. The van der Waals surface area contributed by atoms with Gasteiger partial charge in [-0.2, -0.15) is 0 Å². The van der Waals surface area contributed by atoms with E-state index in [1.54, 1.807) is 0 Å². The molecule has 2 aromatic rings. The second-order valence-electron chi connectivity index (χ2n) is 7.24. The van der Waals surface area contributed by atoms with Crippen molar-refractivity contribution in [1.82, 2.24) is 4.90 Å². The third-order valence-corrected chi connectivity index (χ3v) is 6.88. The van der Waals surface area contributed by atoms with Crippen LogP contribution in [0.2, 0.25) is 0 Å². The van der Waals surface area contributed by atoms with E-state index in [0.29, 0.717) is 5.69 Å². The van der Waals surface area contributed by atoms with E-state index in [-0.39, 0.29) is 35.7 Å². The number of fused-ring (bicyclic) bond motifs is 3. The number of nitrogens with zero attached hydrogens (tertiary/aromatic N) is 2. The minimum absolute atomic E-state index is 0.0274. The second-order valence-corrected chi connectivity index (χ2v) is 8.24. The first kappa shape index (κ1) is 16.8. The third-order valence-electron chi connectivity index (χ3n) is 5.82. The maximum Gasteiger partial charge on any atom is 0.239 e. The van der Waals surface area contributed by atoms with Gasteiger partial charge in [-0.3, -0.25) is 14.5 Å². The quantitative estimate of drug-likeness (QED) is 0.771. The molecule has 0 aromatic heterocycles. The predicted octanol–water partition coefficient (Wildman–Crippen LogP) is 3.26. The molecule has 5 rings (SSSR count). The summed E-state index contributed by atoms with van der Waals surface area (Å²) in [6.45, 7) is 0. The van der Waals surface area contributed by atoms with E-state index >= 15 is 0 Å². The molecule has 0 spiro atoms. The van der Waals surface area contributed by atoms with Crippen molar-refractivity contribution >= 4 is 35.3 Å². The Kier molecular flexibility index (Phi) is 4.14. The number of hydrogen-bond acceptors (Lipinski definition) is 4. The fourth-order valence-corrected chi connectivity index (χ4v) is 5.93. The van der Waals surface area contributed by atoms with Gasteiger partial charge >= 0.3 is 0 Å². The Bertz CT molecular complexity index is 899. The van der Waals surface area contributed by atoms with Gasteiger partial charge in [-0.1, -0.05) is 60.7 Å². The molecule has 3 aliphatic rings. The van der Waals surface area contributed by atoms with E-state index < -0.39 is 0 Å². The number of imide groups is 1. The SMILES string of the molecule is O=C1[C@@H]2[C@H](C(=O)N1c1ccccc1)[C@@H]1CSCN1[C@@H]2/C=C/c1ccccc1. The molecule has 5 heteroatoms. The Hall–Kier alpha value is -2.37. The molecule has 3 fully saturated rings. The standard InChI is InChI=1S/C22H20N2O2S/c25-21-19-17(12-11-15-7-3-1-4-8-15)23-14-27-13-18(23)20(19)22(26)24(21)16-9-5-2-6-10-16/h1-12,17-20H,13-14H2/b12-11+/t17-,18+,19+,20-/m1/s1. The summed E-state index contributed by atoms with van der Waals surface area (Å²) in [4.78, 5) is 30.3. The lowest BCUT2D eigenvalue weighted by Gasteiger charge is -2.25. The van der Waals surface area contributed by atoms with Crippen LogP contribution in [-0.4, -0.2) is 40.4 Å². The van der Waals surface area contributed by atoms with Crippen LogP contribution in [-0.2, 0) is 9.59 Å². The Balaban J connectivity index is 1.51. The normalized spacial score (nSPS) is 30.3. The van der Waals surface area contributed by atoms with Crippen LogP contribution in [0.4, 0.5) is 5.69 Å². The van der Waals surface area contributed by atoms with Crippen LogP contribution in [0.1, 0.15) is 5.56 Å². The van der Waals surface area contributed by atoms with E-state index in [2.05, 4.69) is 29.2 Å². The van der Waals surface area contributed by atoms with Crippen molar-refractivity contribution in [2.24, 2.45) is 11.8 Å². The maximum atomic E-state index is 13.3. The average molecular weight is 376 g/mol. The van der Waals surface area contributed by atoms with Gasteiger partial charge in [0.1, 0.15) is 0 Å². The number of hydrogen-bond donors (Lipinski definition) is 0. The monoisotopic (exact) mass is 376 g/mol. The molecule has 136 valence electrons. The first-order valence-corrected chi connectivity index (χ1v) is 10.4. The highest BCUT2D eigenvalue weighted by molar-refractivity contribution is 7.99. The average Bonchev–Trinajstić information content (AvgIpc) is 3.34. The first-order valence-electron chi connectivity index (χ1n) is 9.25. The van der Waals surface area contributed by atoms with E-state index in [0.717, 1.165) is 17.2 Å². The molecule has 0 saturated carbocycles. The van der Waals surface area contributed by atoms with E-state index in [4.69, 9.17) is 0 Å².